The molecule has 9 heteroatoms. The van der Waals surface area contributed by atoms with Gasteiger partial charge in [0, 0.05) is 23.9 Å². The molecule has 0 aliphatic heterocycles. The molecule has 0 radical (unpaired) electrons. The van der Waals surface area contributed by atoms with Crippen LogP contribution in [0.3, 0.4) is 0 Å². The highest BCUT2D eigenvalue weighted by Gasteiger charge is 2.31. The second-order valence-corrected chi connectivity index (χ2v) is 8.99. The van der Waals surface area contributed by atoms with Crippen LogP contribution in [0.15, 0.2) is 35.0 Å². The molecule has 33 heavy (non-hydrogen) atoms. The number of allylic oxidation sites excluding steroid dienone is 2. The summed E-state index contributed by atoms with van der Waals surface area (Å²) in [7, 11) is 0. The van der Waals surface area contributed by atoms with Gasteiger partial charge in [-0.15, -0.1) is 0 Å². The quantitative estimate of drug-likeness (QED) is 0.556. The molecule has 2 aliphatic rings. The summed E-state index contributed by atoms with van der Waals surface area (Å²) in [6, 6.07) is 2.24. The average Bonchev–Trinajstić information content (AvgIpc) is 3.46. The fourth-order valence-electron chi connectivity index (χ4n) is 4.13. The Morgan fingerprint density at radius 2 is 2.21 bits per heavy atom. The van der Waals surface area contributed by atoms with Crippen LogP contribution >= 0.6 is 11.6 Å². The van der Waals surface area contributed by atoms with Crippen LogP contribution in [0.4, 0.5) is 0 Å². The Morgan fingerprint density at radius 1 is 1.36 bits per heavy atom. The molecule has 176 valence electrons. The minimum absolute atomic E-state index is 0.00729. The second kappa shape index (κ2) is 10.5. The first-order valence-corrected chi connectivity index (χ1v) is 11.8. The molecule has 1 N–H and O–H groups in total. The minimum atomic E-state index is -0.0744. The zero-order chi connectivity index (χ0) is 23.4. The van der Waals surface area contributed by atoms with E-state index in [1.54, 1.807) is 12.3 Å². The lowest BCUT2D eigenvalue weighted by Gasteiger charge is -2.21. The summed E-state index contributed by atoms with van der Waals surface area (Å²) in [5.41, 5.74) is 1.53. The number of hydrogen-bond acceptors (Lipinski definition) is 8. The summed E-state index contributed by atoms with van der Waals surface area (Å²) < 4.78 is 16.2. The van der Waals surface area contributed by atoms with E-state index >= 15 is 0 Å². The highest BCUT2D eigenvalue weighted by molar-refractivity contribution is 6.32. The molecule has 1 fully saturated rings. The molecule has 2 aliphatic carbocycles. The summed E-state index contributed by atoms with van der Waals surface area (Å²) in [5, 5.41) is 8.14. The standard InChI is InChI=1S/C24H29ClN4O4/c1-4-31-24(30)16-7-10-19(11-16)27-18-8-5-15(6-9-18)21-28-22(33-29-21)17-12-20(25)23(26-13-17)32-14(2)3/h5-6,8,12-14,16,18-19,27H,4,7,9-11H2,1-3H3/t16-,18?,19+/m1/s1. The first kappa shape index (κ1) is 23.4. The van der Waals surface area contributed by atoms with E-state index in [1.807, 2.05) is 26.8 Å². The Balaban J connectivity index is 1.34. The molecule has 0 saturated heterocycles. The van der Waals surface area contributed by atoms with Gasteiger partial charge in [-0.3, -0.25) is 4.79 Å². The van der Waals surface area contributed by atoms with E-state index in [4.69, 9.17) is 25.6 Å². The fraction of sp³-hybridized carbons (Fsp3) is 0.500. The first-order valence-electron chi connectivity index (χ1n) is 11.4. The zero-order valence-electron chi connectivity index (χ0n) is 19.1. The topological polar surface area (TPSA) is 99.4 Å². The summed E-state index contributed by atoms with van der Waals surface area (Å²) in [6.45, 7) is 6.10. The van der Waals surface area contributed by atoms with Crippen LogP contribution < -0.4 is 10.1 Å². The van der Waals surface area contributed by atoms with Gasteiger partial charge in [-0.1, -0.05) is 35.0 Å². The molecule has 3 atom stereocenters. The summed E-state index contributed by atoms with van der Waals surface area (Å²) in [6.07, 6.45) is 11.3. The van der Waals surface area contributed by atoms with Gasteiger partial charge in [-0.05, 0) is 52.5 Å². The maximum Gasteiger partial charge on any atom is 0.308 e. The highest BCUT2D eigenvalue weighted by Crippen LogP contribution is 2.30. The van der Waals surface area contributed by atoms with Crippen molar-refractivity contribution in [2.75, 3.05) is 6.61 Å². The minimum Gasteiger partial charge on any atom is -0.474 e. The molecule has 2 aromatic rings. The Labute approximate surface area is 198 Å². The maximum atomic E-state index is 12.0. The van der Waals surface area contributed by atoms with Gasteiger partial charge in [0.05, 0.1) is 24.2 Å². The molecule has 0 spiro atoms. The molecule has 0 amide bonds. The molecule has 1 unspecified atom stereocenters. The number of carbonyl (C=O) groups excluding carboxylic acids is 1. The molecule has 2 aromatic heterocycles. The van der Waals surface area contributed by atoms with E-state index in [-0.39, 0.29) is 24.0 Å². The number of carbonyl (C=O) groups is 1. The number of nitrogens with zero attached hydrogens (tertiary/aromatic N) is 3. The van der Waals surface area contributed by atoms with Crippen LogP contribution in [0, 0.1) is 5.92 Å². The van der Waals surface area contributed by atoms with Crippen molar-refractivity contribution < 1.29 is 18.8 Å². The van der Waals surface area contributed by atoms with Gasteiger partial charge in [0.1, 0.15) is 5.02 Å². The lowest BCUT2D eigenvalue weighted by Crippen LogP contribution is -2.36. The van der Waals surface area contributed by atoms with Crippen LogP contribution in [-0.2, 0) is 9.53 Å². The number of rotatable bonds is 8. The molecular weight excluding hydrogens is 444 g/mol. The molecule has 2 heterocycles. The number of halogens is 1. The lowest BCUT2D eigenvalue weighted by atomic mass is 10.0. The van der Waals surface area contributed by atoms with E-state index in [9.17, 15) is 4.79 Å². The SMILES string of the molecule is CCOC(=O)[C@@H]1CC[C@H](NC2C=CC(c3noc(-c4cnc(OC(C)C)c(Cl)c4)n3)=CC2)C1. The molecule has 0 bridgehead atoms. The molecule has 1 saturated carbocycles. The van der Waals surface area contributed by atoms with Gasteiger partial charge >= 0.3 is 5.97 Å². The van der Waals surface area contributed by atoms with E-state index in [1.165, 1.54) is 0 Å². The largest absolute Gasteiger partial charge is 0.474 e. The van der Waals surface area contributed by atoms with Crippen molar-refractivity contribution in [1.82, 2.24) is 20.4 Å². The summed E-state index contributed by atoms with van der Waals surface area (Å²) in [4.78, 5) is 20.7. The number of ether oxygens (including phenoxy) is 2. The number of pyridine rings is 1. The van der Waals surface area contributed by atoms with Gasteiger partial charge < -0.3 is 19.3 Å². The fourth-order valence-corrected chi connectivity index (χ4v) is 4.34. The number of aromatic nitrogens is 3. The molecule has 8 nitrogen and oxygen atoms in total. The lowest BCUT2D eigenvalue weighted by molar-refractivity contribution is -0.147. The second-order valence-electron chi connectivity index (χ2n) is 8.59. The third-order valence-electron chi connectivity index (χ3n) is 5.69. The first-order chi connectivity index (χ1) is 15.9. The number of nitrogens with one attached hydrogen (secondary N) is 1. The van der Waals surface area contributed by atoms with E-state index in [0.717, 1.165) is 31.3 Å². The summed E-state index contributed by atoms with van der Waals surface area (Å²) >= 11 is 6.27. The Bertz CT molecular complexity index is 1050. The van der Waals surface area contributed by atoms with E-state index < -0.39 is 0 Å². The van der Waals surface area contributed by atoms with Crippen LogP contribution in [-0.4, -0.2) is 45.9 Å². The normalized spacial score (nSPS) is 22.5. The van der Waals surface area contributed by atoms with Gasteiger partial charge in [-0.2, -0.15) is 4.98 Å². The Hall–Kier alpha value is -2.71. The van der Waals surface area contributed by atoms with Crippen molar-refractivity contribution >= 4 is 23.1 Å². The van der Waals surface area contributed by atoms with Crippen molar-refractivity contribution in [2.45, 2.75) is 64.6 Å². The molecule has 4 rings (SSSR count). The van der Waals surface area contributed by atoms with Crippen molar-refractivity contribution in [3.8, 4) is 17.3 Å². The third kappa shape index (κ3) is 5.81. The summed E-state index contributed by atoms with van der Waals surface area (Å²) in [5.74, 6) is 1.17. The Kier molecular flexibility index (Phi) is 7.45. The Morgan fingerprint density at radius 3 is 2.91 bits per heavy atom. The van der Waals surface area contributed by atoms with Crippen LogP contribution in [0.1, 0.15) is 52.3 Å². The average molecular weight is 473 g/mol. The molecule has 0 aromatic carbocycles. The van der Waals surface area contributed by atoms with Crippen molar-refractivity contribution in [1.29, 1.82) is 0 Å². The van der Waals surface area contributed by atoms with Gasteiger partial charge in [0.2, 0.25) is 11.7 Å². The van der Waals surface area contributed by atoms with Crippen molar-refractivity contribution in [3.05, 3.63) is 41.3 Å². The van der Waals surface area contributed by atoms with Crippen LogP contribution in [0.2, 0.25) is 5.02 Å². The number of esters is 1. The van der Waals surface area contributed by atoms with E-state index in [2.05, 4.69) is 32.6 Å². The highest BCUT2D eigenvalue weighted by atomic mass is 35.5. The zero-order valence-corrected chi connectivity index (χ0v) is 19.8. The van der Waals surface area contributed by atoms with Crippen LogP contribution in [0.25, 0.3) is 17.0 Å². The molecular formula is C24H29ClN4O4. The smallest absolute Gasteiger partial charge is 0.308 e. The third-order valence-corrected chi connectivity index (χ3v) is 5.96. The van der Waals surface area contributed by atoms with Crippen molar-refractivity contribution in [3.63, 3.8) is 0 Å². The van der Waals surface area contributed by atoms with Gasteiger partial charge in [0.15, 0.2) is 0 Å². The van der Waals surface area contributed by atoms with Gasteiger partial charge in [0.25, 0.3) is 5.89 Å². The maximum absolute atomic E-state index is 12.0. The predicted molar refractivity (Wildman–Crippen MR) is 125 cm³/mol. The van der Waals surface area contributed by atoms with E-state index in [0.29, 0.717) is 40.8 Å². The predicted octanol–water partition coefficient (Wildman–Crippen LogP) is 4.61. The number of hydrogen-bond donors (Lipinski definition) is 1. The van der Waals surface area contributed by atoms with Crippen LogP contribution in [0.5, 0.6) is 5.88 Å². The van der Waals surface area contributed by atoms with Crippen molar-refractivity contribution in [2.24, 2.45) is 5.92 Å². The monoisotopic (exact) mass is 472 g/mol. The van der Waals surface area contributed by atoms with Gasteiger partial charge in [-0.25, -0.2) is 4.98 Å².